The zero-order chi connectivity index (χ0) is 18.9. The van der Waals surface area contributed by atoms with Crippen molar-refractivity contribution in [2.45, 2.75) is 85.5 Å². The lowest BCUT2D eigenvalue weighted by molar-refractivity contribution is -0.118. The fourth-order valence-electron chi connectivity index (χ4n) is 3.18. The van der Waals surface area contributed by atoms with Crippen LogP contribution in [0, 0.1) is 5.92 Å². The Balaban J connectivity index is 5.03. The van der Waals surface area contributed by atoms with Crippen molar-refractivity contribution in [3.05, 3.63) is 36.0 Å². The maximum absolute atomic E-state index is 12.0. The van der Waals surface area contributed by atoms with E-state index in [0.29, 0.717) is 12.0 Å². The average molecular weight is 351 g/mol. The first-order chi connectivity index (χ1) is 11.2. The summed E-state index contributed by atoms with van der Waals surface area (Å²) in [5.41, 5.74) is 2.84. The molecule has 0 aromatic heterocycles. The van der Waals surface area contributed by atoms with Gasteiger partial charge in [-0.05, 0) is 56.0 Å². The first-order valence-electron chi connectivity index (χ1n) is 9.39. The molecule has 24 heavy (non-hydrogen) atoms. The molecule has 0 bridgehead atoms. The molecular formula is C21H38O2Si. The van der Waals surface area contributed by atoms with Crippen LogP contribution >= 0.6 is 0 Å². The second-order valence-corrected chi connectivity index (χ2v) is 11.8. The van der Waals surface area contributed by atoms with Gasteiger partial charge in [0.2, 0.25) is 0 Å². The largest absolute Gasteiger partial charge is 0.410 e. The third kappa shape index (κ3) is 6.90. The first kappa shape index (κ1) is 23.1. The molecule has 0 unspecified atom stereocenters. The molecule has 0 rings (SSSR count). The Morgan fingerprint density at radius 1 is 1.08 bits per heavy atom. The van der Waals surface area contributed by atoms with Crippen molar-refractivity contribution in [3.63, 3.8) is 0 Å². The van der Waals surface area contributed by atoms with Gasteiger partial charge >= 0.3 is 0 Å². The zero-order valence-corrected chi connectivity index (χ0v) is 18.0. The van der Waals surface area contributed by atoms with Gasteiger partial charge in [0.1, 0.15) is 0 Å². The molecule has 0 spiro atoms. The molecule has 2 atom stereocenters. The summed E-state index contributed by atoms with van der Waals surface area (Å²) in [6, 6.07) is 3.48. The predicted molar refractivity (Wildman–Crippen MR) is 109 cm³/mol. The molecule has 0 saturated heterocycles. The fraction of sp³-hybridized carbons (Fsp3) is 0.667. The molecule has 0 radical (unpaired) electrons. The molecule has 0 aliphatic rings. The molecular weight excluding hydrogens is 312 g/mol. The molecule has 138 valence electrons. The number of ketones is 1. The van der Waals surface area contributed by atoms with E-state index in [-0.39, 0.29) is 17.8 Å². The minimum atomic E-state index is -1.62. The Bertz CT molecular complexity index is 464. The van der Waals surface area contributed by atoms with Crippen molar-refractivity contribution in [3.8, 4) is 0 Å². The average Bonchev–Trinajstić information content (AvgIpc) is 2.55. The molecule has 0 heterocycles. The third-order valence-corrected chi connectivity index (χ3v) is 9.72. The fourth-order valence-corrected chi connectivity index (χ4v) is 6.14. The summed E-state index contributed by atoms with van der Waals surface area (Å²) in [6.45, 7) is 22.7. The Morgan fingerprint density at radius 3 is 1.96 bits per heavy atom. The predicted octanol–water partition coefficient (Wildman–Crippen LogP) is 6.46. The summed E-state index contributed by atoms with van der Waals surface area (Å²) in [4.78, 5) is 12.0. The summed E-state index contributed by atoms with van der Waals surface area (Å²) < 4.78 is 6.64. The van der Waals surface area contributed by atoms with Crippen molar-refractivity contribution >= 4 is 14.1 Å². The number of carbonyl (C=O) groups excluding carboxylic acids is 1. The summed E-state index contributed by atoms with van der Waals surface area (Å²) in [5, 5.41) is 0. The van der Waals surface area contributed by atoms with Gasteiger partial charge in [0.15, 0.2) is 14.1 Å². The van der Waals surface area contributed by atoms with Crippen LogP contribution in [0.15, 0.2) is 36.0 Å². The molecule has 0 aromatic rings. The van der Waals surface area contributed by atoms with Crippen LogP contribution in [0.5, 0.6) is 0 Å². The smallest absolute Gasteiger partial charge is 0.192 e. The van der Waals surface area contributed by atoms with Crippen LogP contribution in [0.4, 0.5) is 0 Å². The van der Waals surface area contributed by atoms with Crippen molar-refractivity contribution < 1.29 is 9.22 Å². The lowest BCUT2D eigenvalue weighted by Crippen LogP contribution is -2.40. The van der Waals surface area contributed by atoms with Crippen LogP contribution in [0.2, 0.25) is 18.1 Å². The van der Waals surface area contributed by atoms with Crippen LogP contribution in [0.1, 0.15) is 61.3 Å². The van der Waals surface area contributed by atoms with Crippen molar-refractivity contribution in [1.29, 1.82) is 0 Å². The lowest BCUT2D eigenvalue weighted by Gasteiger charge is -2.33. The Morgan fingerprint density at radius 2 is 1.58 bits per heavy atom. The standard InChI is InChI=1S/C21H38O2Si/c1-10-20(23-24(11-2,12-3)13-4)18(8)14-17(7)15-19(9)21(22)16(5)6/h14,19-20H,5,7,10-13,15H2,1-4,6,8-9H3/b18-14+/t19-,20-/m0/s1. The van der Waals surface area contributed by atoms with Crippen LogP contribution in [0.3, 0.4) is 0 Å². The topological polar surface area (TPSA) is 26.3 Å². The maximum Gasteiger partial charge on any atom is 0.192 e. The van der Waals surface area contributed by atoms with Crippen LogP contribution in [-0.4, -0.2) is 20.2 Å². The van der Waals surface area contributed by atoms with Crippen molar-refractivity contribution in [1.82, 2.24) is 0 Å². The highest BCUT2D eigenvalue weighted by atomic mass is 28.4. The molecule has 0 N–H and O–H groups in total. The monoisotopic (exact) mass is 350 g/mol. The van der Waals surface area contributed by atoms with Crippen molar-refractivity contribution in [2.75, 3.05) is 0 Å². The number of Topliss-reactive ketones (excluding diaryl/α,β-unsaturated/α-hetero) is 1. The van der Waals surface area contributed by atoms with E-state index in [1.54, 1.807) is 6.92 Å². The first-order valence-corrected chi connectivity index (χ1v) is 11.9. The summed E-state index contributed by atoms with van der Waals surface area (Å²) in [6.07, 6.45) is 3.94. The van der Waals surface area contributed by atoms with Gasteiger partial charge in [0, 0.05) is 5.92 Å². The molecule has 0 amide bonds. The summed E-state index contributed by atoms with van der Waals surface area (Å²) >= 11 is 0. The van der Waals surface area contributed by atoms with E-state index in [2.05, 4.69) is 53.9 Å². The highest BCUT2D eigenvalue weighted by Gasteiger charge is 2.31. The van der Waals surface area contributed by atoms with Crippen LogP contribution in [-0.2, 0) is 9.22 Å². The third-order valence-electron chi connectivity index (χ3n) is 5.07. The highest BCUT2D eigenvalue weighted by Crippen LogP contribution is 2.27. The second-order valence-electron chi connectivity index (χ2n) is 7.05. The number of allylic oxidation sites excluding steroid dienone is 3. The second kappa shape index (κ2) is 10.8. The number of hydrogen-bond donors (Lipinski definition) is 0. The minimum Gasteiger partial charge on any atom is -0.410 e. The molecule has 0 aliphatic carbocycles. The highest BCUT2D eigenvalue weighted by molar-refractivity contribution is 6.73. The van der Waals surface area contributed by atoms with E-state index in [4.69, 9.17) is 4.43 Å². The van der Waals surface area contributed by atoms with E-state index < -0.39 is 8.32 Å². The molecule has 0 aromatic carbocycles. The molecule has 3 heteroatoms. The van der Waals surface area contributed by atoms with Crippen molar-refractivity contribution in [2.24, 2.45) is 5.92 Å². The van der Waals surface area contributed by atoms with E-state index in [9.17, 15) is 4.79 Å². The van der Waals surface area contributed by atoms with Gasteiger partial charge in [-0.1, -0.05) is 59.4 Å². The van der Waals surface area contributed by atoms with E-state index in [1.165, 1.54) is 5.57 Å². The van der Waals surface area contributed by atoms with Gasteiger partial charge in [0.05, 0.1) is 6.10 Å². The van der Waals surface area contributed by atoms with Gasteiger partial charge < -0.3 is 4.43 Å². The minimum absolute atomic E-state index is 0.0598. The normalized spacial score (nSPS) is 15.0. The SMILES string of the molecule is C=C(/C=C(\C)[C@H](CC)O[Si](CC)(CC)CC)C[C@H](C)C(=O)C(=C)C. The van der Waals surface area contributed by atoms with Crippen LogP contribution in [0.25, 0.3) is 0 Å². The van der Waals surface area contributed by atoms with E-state index in [1.807, 2.05) is 6.92 Å². The van der Waals surface area contributed by atoms with Gasteiger partial charge in [-0.25, -0.2) is 0 Å². The van der Waals surface area contributed by atoms with E-state index >= 15 is 0 Å². The maximum atomic E-state index is 12.0. The van der Waals surface area contributed by atoms with E-state index in [0.717, 1.165) is 30.1 Å². The zero-order valence-electron chi connectivity index (χ0n) is 17.0. The van der Waals surface area contributed by atoms with Gasteiger partial charge in [0.25, 0.3) is 0 Å². The number of carbonyl (C=O) groups is 1. The van der Waals surface area contributed by atoms with Gasteiger partial charge in [-0.3, -0.25) is 4.79 Å². The summed E-state index contributed by atoms with van der Waals surface area (Å²) in [7, 11) is -1.62. The number of rotatable bonds is 12. The molecule has 0 aliphatic heterocycles. The van der Waals surface area contributed by atoms with Gasteiger partial charge in [-0.2, -0.15) is 0 Å². The number of hydrogen-bond acceptors (Lipinski definition) is 2. The van der Waals surface area contributed by atoms with Crippen LogP contribution < -0.4 is 0 Å². The Hall–Kier alpha value is -0.933. The quantitative estimate of drug-likeness (QED) is 0.229. The molecule has 2 nitrogen and oxygen atoms in total. The Labute approximate surface area is 151 Å². The molecule has 0 saturated carbocycles. The lowest BCUT2D eigenvalue weighted by atomic mass is 9.93. The van der Waals surface area contributed by atoms with Gasteiger partial charge in [-0.15, -0.1) is 0 Å². The molecule has 0 fully saturated rings. The Kier molecular flexibility index (Phi) is 10.4. The summed E-state index contributed by atoms with van der Waals surface area (Å²) in [5.74, 6) is 0.0651.